The van der Waals surface area contributed by atoms with Crippen LogP contribution in [0.5, 0.6) is 0 Å². The highest BCUT2D eigenvalue weighted by Gasteiger charge is 2.34. The summed E-state index contributed by atoms with van der Waals surface area (Å²) in [5.74, 6) is -0.838. The lowest BCUT2D eigenvalue weighted by molar-refractivity contribution is -0.140. The first-order chi connectivity index (χ1) is 18.8. The van der Waals surface area contributed by atoms with Gasteiger partial charge in [0.15, 0.2) is 0 Å². The van der Waals surface area contributed by atoms with Crippen molar-refractivity contribution in [3.05, 3.63) is 93.5 Å². The van der Waals surface area contributed by atoms with Crippen LogP contribution in [-0.4, -0.2) is 43.8 Å². The van der Waals surface area contributed by atoms with E-state index in [4.69, 9.17) is 23.2 Å². The quantitative estimate of drug-likeness (QED) is 0.285. The molecular weight excluding hydrogens is 569 g/mol. The summed E-state index contributed by atoms with van der Waals surface area (Å²) in [5.41, 5.74) is 2.90. The van der Waals surface area contributed by atoms with Gasteiger partial charge in [0.25, 0.3) is 10.0 Å². The standard InChI is InChI=1S/C30H35Cl2N3O4S/c1-6-28(30(37)33-20(2)3)34(18-23-9-7-8-22(5)16-23)29(36)19-35(24-12-15-26(31)27(32)17-24)40(38,39)25-13-10-21(4)11-14-25/h7-17,20,28H,6,18-19H2,1-5H3,(H,33,37). The Bertz CT molecular complexity index is 1460. The number of benzene rings is 3. The molecule has 0 aromatic heterocycles. The Morgan fingerprint density at radius 2 is 1.57 bits per heavy atom. The van der Waals surface area contributed by atoms with Crippen molar-refractivity contribution in [2.45, 2.75) is 64.6 Å². The fourth-order valence-electron chi connectivity index (χ4n) is 4.31. The minimum atomic E-state index is -4.20. The molecule has 1 unspecified atom stereocenters. The molecule has 40 heavy (non-hydrogen) atoms. The van der Waals surface area contributed by atoms with Gasteiger partial charge in [-0.05, 0) is 70.0 Å². The van der Waals surface area contributed by atoms with Crippen molar-refractivity contribution in [3.63, 3.8) is 0 Å². The zero-order valence-corrected chi connectivity index (χ0v) is 25.6. The van der Waals surface area contributed by atoms with E-state index in [0.717, 1.165) is 21.0 Å². The third-order valence-electron chi connectivity index (χ3n) is 6.33. The van der Waals surface area contributed by atoms with Gasteiger partial charge in [0, 0.05) is 12.6 Å². The second-order valence-electron chi connectivity index (χ2n) is 10.0. The molecule has 2 amide bonds. The number of halogens is 2. The molecular formula is C30H35Cl2N3O4S. The van der Waals surface area contributed by atoms with Crippen LogP contribution in [0, 0.1) is 13.8 Å². The minimum Gasteiger partial charge on any atom is -0.352 e. The second-order valence-corrected chi connectivity index (χ2v) is 12.7. The van der Waals surface area contributed by atoms with Crippen LogP contribution in [0.1, 0.15) is 43.9 Å². The number of anilines is 1. The lowest BCUT2D eigenvalue weighted by Crippen LogP contribution is -2.53. The average Bonchev–Trinajstić information content (AvgIpc) is 2.88. The van der Waals surface area contributed by atoms with E-state index in [2.05, 4.69) is 5.32 Å². The smallest absolute Gasteiger partial charge is 0.264 e. The zero-order valence-electron chi connectivity index (χ0n) is 23.3. The van der Waals surface area contributed by atoms with Crippen LogP contribution in [0.25, 0.3) is 0 Å². The predicted octanol–water partition coefficient (Wildman–Crippen LogP) is 6.14. The van der Waals surface area contributed by atoms with E-state index in [9.17, 15) is 18.0 Å². The molecule has 1 atom stereocenters. The first-order valence-corrected chi connectivity index (χ1v) is 15.2. The summed E-state index contributed by atoms with van der Waals surface area (Å²) >= 11 is 12.4. The predicted molar refractivity (Wildman–Crippen MR) is 161 cm³/mol. The number of carbonyl (C=O) groups is 2. The van der Waals surface area contributed by atoms with Gasteiger partial charge < -0.3 is 10.2 Å². The third-order valence-corrected chi connectivity index (χ3v) is 8.86. The van der Waals surface area contributed by atoms with Gasteiger partial charge in [-0.15, -0.1) is 0 Å². The number of nitrogens with zero attached hydrogens (tertiary/aromatic N) is 2. The summed E-state index contributed by atoms with van der Waals surface area (Å²) < 4.78 is 28.9. The molecule has 10 heteroatoms. The maximum Gasteiger partial charge on any atom is 0.264 e. The van der Waals surface area contributed by atoms with Gasteiger partial charge in [-0.2, -0.15) is 0 Å². The number of aryl methyl sites for hydroxylation is 2. The number of hydrogen-bond donors (Lipinski definition) is 1. The molecule has 3 aromatic carbocycles. The zero-order chi connectivity index (χ0) is 29.6. The van der Waals surface area contributed by atoms with Crippen molar-refractivity contribution >= 4 is 50.7 Å². The summed E-state index contributed by atoms with van der Waals surface area (Å²) in [4.78, 5) is 28.7. The number of hydrogen-bond acceptors (Lipinski definition) is 4. The largest absolute Gasteiger partial charge is 0.352 e. The Balaban J connectivity index is 2.09. The third kappa shape index (κ3) is 7.77. The number of sulfonamides is 1. The Morgan fingerprint density at radius 3 is 2.15 bits per heavy atom. The van der Waals surface area contributed by atoms with E-state index in [1.807, 2.05) is 58.9 Å². The molecule has 0 radical (unpaired) electrons. The summed E-state index contributed by atoms with van der Waals surface area (Å²) in [7, 11) is -4.20. The van der Waals surface area contributed by atoms with Crippen molar-refractivity contribution < 1.29 is 18.0 Å². The molecule has 0 saturated heterocycles. The molecule has 0 fully saturated rings. The SMILES string of the molecule is CCC(C(=O)NC(C)C)N(Cc1cccc(C)c1)C(=O)CN(c1ccc(Cl)c(Cl)c1)S(=O)(=O)c1ccc(C)cc1. The van der Waals surface area contributed by atoms with Crippen LogP contribution in [0.15, 0.2) is 71.6 Å². The molecule has 1 N–H and O–H groups in total. The summed E-state index contributed by atoms with van der Waals surface area (Å²) in [6.45, 7) is 8.89. The Kier molecular flexibility index (Phi) is 10.6. The molecule has 3 aromatic rings. The van der Waals surface area contributed by atoms with Crippen LogP contribution in [0.3, 0.4) is 0 Å². The van der Waals surface area contributed by atoms with Crippen molar-refractivity contribution in [1.82, 2.24) is 10.2 Å². The van der Waals surface area contributed by atoms with Crippen molar-refractivity contribution in [1.29, 1.82) is 0 Å². The van der Waals surface area contributed by atoms with Gasteiger partial charge >= 0.3 is 0 Å². The number of carbonyl (C=O) groups excluding carboxylic acids is 2. The fraction of sp³-hybridized carbons (Fsp3) is 0.333. The van der Waals surface area contributed by atoms with Gasteiger partial charge in [-0.1, -0.05) is 77.7 Å². The van der Waals surface area contributed by atoms with Crippen LogP contribution >= 0.6 is 23.2 Å². The molecule has 0 aliphatic heterocycles. The summed E-state index contributed by atoms with van der Waals surface area (Å²) in [6.07, 6.45) is 0.341. The van der Waals surface area contributed by atoms with Crippen molar-refractivity contribution in [3.8, 4) is 0 Å². The Hall–Kier alpha value is -3.07. The van der Waals surface area contributed by atoms with Crippen LogP contribution < -0.4 is 9.62 Å². The molecule has 0 bridgehead atoms. The molecule has 0 saturated carbocycles. The van der Waals surface area contributed by atoms with Crippen LogP contribution in [0.4, 0.5) is 5.69 Å². The highest BCUT2D eigenvalue weighted by atomic mass is 35.5. The Labute approximate surface area is 247 Å². The van der Waals surface area contributed by atoms with E-state index in [-0.39, 0.29) is 39.1 Å². The fourth-order valence-corrected chi connectivity index (χ4v) is 6.01. The Morgan fingerprint density at radius 1 is 0.900 bits per heavy atom. The second kappa shape index (κ2) is 13.5. The van der Waals surface area contributed by atoms with Gasteiger partial charge in [0.2, 0.25) is 11.8 Å². The van der Waals surface area contributed by atoms with E-state index in [1.165, 1.54) is 35.2 Å². The number of rotatable bonds is 11. The molecule has 0 spiro atoms. The number of amides is 2. The minimum absolute atomic E-state index is 0.0202. The van der Waals surface area contributed by atoms with Gasteiger partial charge in [-0.3, -0.25) is 13.9 Å². The molecule has 3 rings (SSSR count). The molecule has 0 aliphatic carbocycles. The van der Waals surface area contributed by atoms with E-state index < -0.39 is 28.5 Å². The molecule has 0 aliphatic rings. The van der Waals surface area contributed by atoms with Crippen LogP contribution in [-0.2, 0) is 26.2 Å². The van der Waals surface area contributed by atoms with Crippen molar-refractivity contribution in [2.75, 3.05) is 10.8 Å². The summed E-state index contributed by atoms with van der Waals surface area (Å²) in [6, 6.07) is 17.5. The lowest BCUT2D eigenvalue weighted by Gasteiger charge is -2.33. The highest BCUT2D eigenvalue weighted by molar-refractivity contribution is 7.92. The van der Waals surface area contributed by atoms with Gasteiger partial charge in [-0.25, -0.2) is 8.42 Å². The molecule has 214 valence electrons. The van der Waals surface area contributed by atoms with Crippen LogP contribution in [0.2, 0.25) is 10.0 Å². The topological polar surface area (TPSA) is 86.8 Å². The summed E-state index contributed by atoms with van der Waals surface area (Å²) in [5, 5.41) is 3.29. The average molecular weight is 605 g/mol. The number of nitrogens with one attached hydrogen (secondary N) is 1. The van der Waals surface area contributed by atoms with Gasteiger partial charge in [0.1, 0.15) is 12.6 Å². The monoisotopic (exact) mass is 603 g/mol. The van der Waals surface area contributed by atoms with E-state index in [0.29, 0.717) is 6.42 Å². The highest BCUT2D eigenvalue weighted by Crippen LogP contribution is 2.31. The maximum absolute atomic E-state index is 14.1. The molecule has 7 nitrogen and oxygen atoms in total. The molecule has 0 heterocycles. The van der Waals surface area contributed by atoms with Gasteiger partial charge in [0.05, 0.1) is 20.6 Å². The first kappa shape index (κ1) is 31.5. The first-order valence-electron chi connectivity index (χ1n) is 13.0. The van der Waals surface area contributed by atoms with E-state index in [1.54, 1.807) is 12.1 Å². The lowest BCUT2D eigenvalue weighted by atomic mass is 10.1. The normalized spacial score (nSPS) is 12.2. The van der Waals surface area contributed by atoms with Crippen molar-refractivity contribution in [2.24, 2.45) is 0 Å². The maximum atomic E-state index is 14.1. The van der Waals surface area contributed by atoms with E-state index >= 15 is 0 Å².